The first-order valence-corrected chi connectivity index (χ1v) is 8.61. The maximum absolute atomic E-state index is 12.2. The summed E-state index contributed by atoms with van der Waals surface area (Å²) in [6.45, 7) is 5.18. The van der Waals surface area contributed by atoms with E-state index in [1.807, 2.05) is 39.0 Å². The standard InChI is InChI=1S/C21H24N2O4/c1-14-8-10-17(11-9-14)21(26)27-13-19(25)23(4)12-18(24)22-20-15(2)6-5-7-16(20)3/h5-11H,12-13H2,1-4H3,(H,22,24). The molecule has 0 saturated heterocycles. The molecule has 0 aliphatic carbocycles. The predicted molar refractivity (Wildman–Crippen MR) is 104 cm³/mol. The molecule has 0 aromatic heterocycles. The SMILES string of the molecule is Cc1ccc(C(=O)OCC(=O)N(C)CC(=O)Nc2c(C)cccc2C)cc1. The van der Waals surface area contributed by atoms with E-state index in [1.165, 1.54) is 11.9 Å². The second-order valence-electron chi connectivity index (χ2n) is 6.51. The minimum Gasteiger partial charge on any atom is -0.452 e. The van der Waals surface area contributed by atoms with Crippen LogP contribution in [0.3, 0.4) is 0 Å². The van der Waals surface area contributed by atoms with Gasteiger partial charge in [-0.25, -0.2) is 4.79 Å². The fourth-order valence-electron chi connectivity index (χ4n) is 2.50. The largest absolute Gasteiger partial charge is 0.452 e. The fourth-order valence-corrected chi connectivity index (χ4v) is 2.50. The third-order valence-electron chi connectivity index (χ3n) is 4.17. The topological polar surface area (TPSA) is 75.7 Å². The first kappa shape index (κ1) is 20.2. The van der Waals surface area contributed by atoms with Crippen molar-refractivity contribution >= 4 is 23.5 Å². The summed E-state index contributed by atoms with van der Waals surface area (Å²) >= 11 is 0. The highest BCUT2D eigenvalue weighted by atomic mass is 16.5. The molecule has 0 aliphatic rings. The number of para-hydroxylation sites is 1. The van der Waals surface area contributed by atoms with Gasteiger partial charge in [-0.05, 0) is 44.0 Å². The number of amides is 2. The lowest BCUT2D eigenvalue weighted by Gasteiger charge is -2.18. The quantitative estimate of drug-likeness (QED) is 0.796. The number of esters is 1. The van der Waals surface area contributed by atoms with Crippen molar-refractivity contribution in [3.63, 3.8) is 0 Å². The number of hydrogen-bond donors (Lipinski definition) is 1. The highest BCUT2D eigenvalue weighted by Crippen LogP contribution is 2.19. The molecule has 6 heteroatoms. The number of carbonyl (C=O) groups is 3. The molecule has 6 nitrogen and oxygen atoms in total. The minimum atomic E-state index is -0.572. The van der Waals surface area contributed by atoms with Crippen LogP contribution in [0.4, 0.5) is 5.69 Å². The van der Waals surface area contributed by atoms with E-state index in [9.17, 15) is 14.4 Å². The van der Waals surface area contributed by atoms with Gasteiger partial charge in [0.05, 0.1) is 12.1 Å². The molecule has 0 unspecified atom stereocenters. The molecule has 2 amide bonds. The summed E-state index contributed by atoms with van der Waals surface area (Å²) < 4.78 is 5.03. The van der Waals surface area contributed by atoms with Gasteiger partial charge in [0.2, 0.25) is 5.91 Å². The van der Waals surface area contributed by atoms with Crippen LogP contribution in [-0.2, 0) is 14.3 Å². The molecule has 2 aromatic carbocycles. The zero-order valence-electron chi connectivity index (χ0n) is 16.0. The van der Waals surface area contributed by atoms with Crippen molar-refractivity contribution < 1.29 is 19.1 Å². The highest BCUT2D eigenvalue weighted by molar-refractivity contribution is 5.96. The first-order valence-electron chi connectivity index (χ1n) is 8.61. The van der Waals surface area contributed by atoms with Crippen LogP contribution >= 0.6 is 0 Å². The number of aryl methyl sites for hydroxylation is 3. The van der Waals surface area contributed by atoms with Gasteiger partial charge in [-0.2, -0.15) is 0 Å². The summed E-state index contributed by atoms with van der Waals surface area (Å²) in [5.41, 5.74) is 4.05. The van der Waals surface area contributed by atoms with Gasteiger partial charge in [-0.3, -0.25) is 9.59 Å². The van der Waals surface area contributed by atoms with Gasteiger partial charge in [0.15, 0.2) is 6.61 Å². The fraction of sp³-hybridized carbons (Fsp3) is 0.286. The van der Waals surface area contributed by atoms with Crippen molar-refractivity contribution in [2.24, 2.45) is 0 Å². The van der Waals surface area contributed by atoms with Crippen LogP contribution in [0.15, 0.2) is 42.5 Å². The number of ether oxygens (including phenoxy) is 1. The Hall–Kier alpha value is -3.15. The average molecular weight is 368 g/mol. The smallest absolute Gasteiger partial charge is 0.338 e. The number of likely N-dealkylation sites (N-methyl/N-ethyl adjacent to an activating group) is 1. The van der Waals surface area contributed by atoms with E-state index in [1.54, 1.807) is 24.3 Å². The van der Waals surface area contributed by atoms with Crippen LogP contribution in [0, 0.1) is 20.8 Å². The molecule has 0 radical (unpaired) electrons. The van der Waals surface area contributed by atoms with Crippen molar-refractivity contribution in [1.82, 2.24) is 4.90 Å². The molecular weight excluding hydrogens is 344 g/mol. The Kier molecular flexibility index (Phi) is 6.71. The summed E-state index contributed by atoms with van der Waals surface area (Å²) in [4.78, 5) is 37.5. The molecule has 2 rings (SSSR count). The van der Waals surface area contributed by atoms with Crippen LogP contribution in [0.25, 0.3) is 0 Å². The lowest BCUT2D eigenvalue weighted by atomic mass is 10.1. The normalized spacial score (nSPS) is 10.2. The molecule has 0 fully saturated rings. The van der Waals surface area contributed by atoms with E-state index in [0.29, 0.717) is 5.56 Å². The molecular formula is C21H24N2O4. The maximum atomic E-state index is 12.2. The van der Waals surface area contributed by atoms with Crippen molar-refractivity contribution in [2.45, 2.75) is 20.8 Å². The zero-order chi connectivity index (χ0) is 20.0. The van der Waals surface area contributed by atoms with E-state index >= 15 is 0 Å². The summed E-state index contributed by atoms with van der Waals surface area (Å²) in [5, 5.41) is 2.82. The minimum absolute atomic E-state index is 0.130. The molecule has 0 atom stereocenters. The Morgan fingerprint density at radius 2 is 1.56 bits per heavy atom. The van der Waals surface area contributed by atoms with Crippen LogP contribution in [0.2, 0.25) is 0 Å². The zero-order valence-corrected chi connectivity index (χ0v) is 16.0. The third kappa shape index (κ3) is 5.67. The molecule has 142 valence electrons. The summed E-state index contributed by atoms with van der Waals surface area (Å²) in [7, 11) is 1.49. The van der Waals surface area contributed by atoms with Crippen molar-refractivity contribution in [3.05, 3.63) is 64.7 Å². The number of nitrogens with zero attached hydrogens (tertiary/aromatic N) is 1. The summed E-state index contributed by atoms with van der Waals surface area (Å²) in [6, 6.07) is 12.6. The molecule has 0 spiro atoms. The Labute approximate surface area is 159 Å². The molecule has 1 N–H and O–H groups in total. The van der Waals surface area contributed by atoms with E-state index in [2.05, 4.69) is 5.32 Å². The number of rotatable bonds is 6. The Bertz CT molecular complexity index is 824. The Morgan fingerprint density at radius 1 is 0.963 bits per heavy atom. The van der Waals surface area contributed by atoms with Crippen LogP contribution < -0.4 is 5.32 Å². The average Bonchev–Trinajstić information content (AvgIpc) is 2.63. The van der Waals surface area contributed by atoms with Gasteiger partial charge in [0.1, 0.15) is 0 Å². The Morgan fingerprint density at radius 3 is 2.15 bits per heavy atom. The van der Waals surface area contributed by atoms with E-state index < -0.39 is 18.5 Å². The van der Waals surface area contributed by atoms with Crippen molar-refractivity contribution in [2.75, 3.05) is 25.5 Å². The van der Waals surface area contributed by atoms with Crippen molar-refractivity contribution in [1.29, 1.82) is 0 Å². The van der Waals surface area contributed by atoms with Gasteiger partial charge in [-0.15, -0.1) is 0 Å². The maximum Gasteiger partial charge on any atom is 0.338 e. The highest BCUT2D eigenvalue weighted by Gasteiger charge is 2.17. The molecule has 0 bridgehead atoms. The number of anilines is 1. The lowest BCUT2D eigenvalue weighted by Crippen LogP contribution is -2.37. The van der Waals surface area contributed by atoms with Crippen molar-refractivity contribution in [3.8, 4) is 0 Å². The molecule has 0 heterocycles. The van der Waals surface area contributed by atoms with Gasteiger partial charge in [0.25, 0.3) is 5.91 Å². The van der Waals surface area contributed by atoms with Gasteiger partial charge >= 0.3 is 5.97 Å². The summed E-state index contributed by atoms with van der Waals surface area (Å²) in [5.74, 6) is -1.34. The molecule has 27 heavy (non-hydrogen) atoms. The predicted octanol–water partition coefficient (Wildman–Crippen LogP) is 2.87. The van der Waals surface area contributed by atoms with E-state index in [-0.39, 0.29) is 12.5 Å². The van der Waals surface area contributed by atoms with Gasteiger partial charge in [-0.1, -0.05) is 35.9 Å². The van der Waals surface area contributed by atoms with E-state index in [4.69, 9.17) is 4.74 Å². The number of nitrogens with one attached hydrogen (secondary N) is 1. The monoisotopic (exact) mass is 368 g/mol. The second-order valence-corrected chi connectivity index (χ2v) is 6.51. The first-order chi connectivity index (χ1) is 12.8. The van der Waals surface area contributed by atoms with Crippen LogP contribution in [0.5, 0.6) is 0 Å². The number of benzene rings is 2. The Balaban J connectivity index is 1.85. The number of carbonyl (C=O) groups excluding carboxylic acids is 3. The molecule has 0 saturated carbocycles. The van der Waals surface area contributed by atoms with Crippen LogP contribution in [-0.4, -0.2) is 42.9 Å². The van der Waals surface area contributed by atoms with Crippen LogP contribution in [0.1, 0.15) is 27.0 Å². The molecule has 2 aromatic rings. The summed E-state index contributed by atoms with van der Waals surface area (Å²) in [6.07, 6.45) is 0. The van der Waals surface area contributed by atoms with E-state index in [0.717, 1.165) is 22.4 Å². The van der Waals surface area contributed by atoms with Gasteiger partial charge < -0.3 is 15.0 Å². The van der Waals surface area contributed by atoms with Gasteiger partial charge in [0, 0.05) is 12.7 Å². The third-order valence-corrected chi connectivity index (χ3v) is 4.17. The number of hydrogen-bond acceptors (Lipinski definition) is 4. The second kappa shape index (κ2) is 8.98. The molecule has 0 aliphatic heterocycles. The lowest BCUT2D eigenvalue weighted by molar-refractivity contribution is -0.136.